The molecule has 55 heavy (non-hydrogen) atoms. The molecule has 0 spiro atoms. The summed E-state index contributed by atoms with van der Waals surface area (Å²) in [6, 6.07) is 32.9. The molecule has 4 aromatic carbocycles. The van der Waals surface area contributed by atoms with Gasteiger partial charge in [-0.15, -0.1) is 0 Å². The monoisotopic (exact) mass is 738 g/mol. The summed E-state index contributed by atoms with van der Waals surface area (Å²) in [5.74, 6) is 0.393. The zero-order chi connectivity index (χ0) is 38.4. The molecule has 9 heteroatoms. The number of ether oxygens (including phenoxy) is 1. The Labute approximate surface area is 325 Å². The Morgan fingerprint density at radius 3 is 1.87 bits per heavy atom. The number of carbonyl (C=O) groups is 2. The van der Waals surface area contributed by atoms with Crippen molar-refractivity contribution in [2.75, 3.05) is 38.6 Å². The smallest absolute Gasteiger partial charge is 0.255 e. The van der Waals surface area contributed by atoms with Crippen molar-refractivity contribution in [3.05, 3.63) is 131 Å². The first-order valence-electron chi connectivity index (χ1n) is 19.7. The molecular formula is C46H54N6O3. The summed E-state index contributed by atoms with van der Waals surface area (Å²) in [6.45, 7) is 12.3. The molecule has 9 nitrogen and oxygen atoms in total. The number of likely N-dealkylation sites (tertiary alicyclic amines) is 2. The maximum absolute atomic E-state index is 14.0. The Morgan fingerprint density at radius 1 is 0.709 bits per heavy atom. The van der Waals surface area contributed by atoms with Gasteiger partial charge in [-0.3, -0.25) is 24.4 Å². The number of piperidine rings is 2. The minimum atomic E-state index is -0.165. The molecule has 0 radical (unpaired) electrons. The zero-order valence-electron chi connectivity index (χ0n) is 32.6. The van der Waals surface area contributed by atoms with Crippen molar-refractivity contribution in [2.24, 2.45) is 0 Å². The summed E-state index contributed by atoms with van der Waals surface area (Å²) in [5, 5.41) is 10.8. The minimum Gasteiger partial charge on any atom is -0.494 e. The van der Waals surface area contributed by atoms with Crippen LogP contribution in [0.15, 0.2) is 103 Å². The lowest BCUT2D eigenvalue weighted by Gasteiger charge is -2.32. The van der Waals surface area contributed by atoms with Crippen molar-refractivity contribution in [3.8, 4) is 5.75 Å². The van der Waals surface area contributed by atoms with Gasteiger partial charge in [0.05, 0.1) is 18.4 Å². The lowest BCUT2D eigenvalue weighted by atomic mass is 9.86. The van der Waals surface area contributed by atoms with E-state index in [0.29, 0.717) is 28.1 Å². The Morgan fingerprint density at radius 2 is 1.29 bits per heavy atom. The van der Waals surface area contributed by atoms with Crippen molar-refractivity contribution in [3.63, 3.8) is 0 Å². The minimum absolute atomic E-state index is 0.0646. The molecule has 0 atom stereocenters. The normalized spacial score (nSPS) is 16.1. The molecule has 3 N–H and O–H groups in total. The first-order chi connectivity index (χ1) is 26.6. The Bertz CT molecular complexity index is 2060. The molecule has 5 aromatic rings. The van der Waals surface area contributed by atoms with Gasteiger partial charge in [0.1, 0.15) is 11.3 Å². The van der Waals surface area contributed by atoms with Gasteiger partial charge in [0.25, 0.3) is 11.8 Å². The topological polar surface area (TPSA) is 98.8 Å². The Kier molecular flexibility index (Phi) is 11.8. The lowest BCUT2D eigenvalue weighted by molar-refractivity contribution is 0.0901. The Balaban J connectivity index is 0.978. The van der Waals surface area contributed by atoms with Gasteiger partial charge < -0.3 is 20.7 Å². The van der Waals surface area contributed by atoms with Gasteiger partial charge >= 0.3 is 0 Å². The summed E-state index contributed by atoms with van der Waals surface area (Å²) >= 11 is 0. The number of aromatic nitrogens is 1. The number of carbonyl (C=O) groups excluding carboxylic acids is 2. The predicted octanol–water partition coefficient (Wildman–Crippen LogP) is 8.07. The third-order valence-corrected chi connectivity index (χ3v) is 11.1. The van der Waals surface area contributed by atoms with Gasteiger partial charge in [-0.25, -0.2) is 0 Å². The summed E-state index contributed by atoms with van der Waals surface area (Å²) in [5.41, 5.74) is 7.25. The number of nitrogens with zero attached hydrogens (tertiary/aromatic N) is 3. The highest BCUT2D eigenvalue weighted by atomic mass is 16.5. The van der Waals surface area contributed by atoms with Crippen LogP contribution < -0.4 is 20.7 Å². The first kappa shape index (κ1) is 38.0. The standard InChI is InChI=1S/C46H54N6O3/c1-46(2,3)35-17-13-33(14-18-35)31-52-27-23-38(24-28-52)50-45(54)40-29-47-43-39(11-8-12-41(43)55-4)42(40)48-36-19-15-34(16-20-36)44(53)49-37-21-25-51(26-22-37)30-32-9-6-5-7-10-32/h5-20,29,37-38H,21-28,30-31H2,1-4H3,(H,47,48)(H,49,53)(H,50,54). The van der Waals surface area contributed by atoms with Crippen LogP contribution in [0.25, 0.3) is 10.9 Å². The third-order valence-electron chi connectivity index (χ3n) is 11.1. The van der Waals surface area contributed by atoms with E-state index in [1.54, 1.807) is 13.3 Å². The Hall–Kier alpha value is -5.25. The van der Waals surface area contributed by atoms with Crippen LogP contribution in [0.4, 0.5) is 11.4 Å². The van der Waals surface area contributed by atoms with Crippen LogP contribution in [0.5, 0.6) is 5.75 Å². The summed E-state index contributed by atoms with van der Waals surface area (Å²) < 4.78 is 5.62. The number of methoxy groups -OCH3 is 1. The molecule has 2 amide bonds. The van der Waals surface area contributed by atoms with Crippen LogP contribution in [-0.4, -0.2) is 72.0 Å². The van der Waals surface area contributed by atoms with Crippen LogP contribution >= 0.6 is 0 Å². The molecular weight excluding hydrogens is 685 g/mol. The molecule has 286 valence electrons. The van der Waals surface area contributed by atoms with Gasteiger partial charge in [0.15, 0.2) is 0 Å². The number of hydrogen-bond acceptors (Lipinski definition) is 7. The number of fused-ring (bicyclic) bond motifs is 1. The second kappa shape index (κ2) is 17.0. The number of benzene rings is 4. The van der Waals surface area contributed by atoms with Gasteiger partial charge in [0, 0.05) is 74.2 Å². The van der Waals surface area contributed by atoms with Crippen molar-refractivity contribution >= 4 is 34.1 Å². The summed E-state index contributed by atoms with van der Waals surface area (Å²) in [7, 11) is 1.62. The number of para-hydroxylation sites is 1. The van der Waals surface area contributed by atoms with Gasteiger partial charge in [-0.05, 0) is 78.1 Å². The van der Waals surface area contributed by atoms with Crippen LogP contribution in [-0.2, 0) is 18.5 Å². The van der Waals surface area contributed by atoms with E-state index in [0.717, 1.165) is 76.0 Å². The molecule has 0 unspecified atom stereocenters. The molecule has 1 aromatic heterocycles. The largest absolute Gasteiger partial charge is 0.494 e. The average Bonchev–Trinajstić information content (AvgIpc) is 3.19. The van der Waals surface area contributed by atoms with Crippen LogP contribution in [0.2, 0.25) is 0 Å². The van der Waals surface area contributed by atoms with Crippen molar-refractivity contribution in [2.45, 2.75) is 77.0 Å². The van der Waals surface area contributed by atoms with E-state index in [4.69, 9.17) is 4.74 Å². The number of amides is 2. The lowest BCUT2D eigenvalue weighted by Crippen LogP contribution is -2.44. The SMILES string of the molecule is COc1cccc2c(Nc3ccc(C(=O)NC4CCN(Cc5ccccc5)CC4)cc3)c(C(=O)NC3CCN(Cc4ccc(C(C)(C)C)cc4)CC3)cnc12. The highest BCUT2D eigenvalue weighted by Gasteiger charge is 2.25. The summed E-state index contributed by atoms with van der Waals surface area (Å²) in [6.07, 6.45) is 5.23. The van der Waals surface area contributed by atoms with Crippen molar-refractivity contribution < 1.29 is 14.3 Å². The molecule has 3 heterocycles. The number of pyridine rings is 1. The van der Waals surface area contributed by atoms with Crippen LogP contribution in [0.1, 0.15) is 83.9 Å². The van der Waals surface area contributed by atoms with Crippen molar-refractivity contribution in [1.82, 2.24) is 25.4 Å². The molecule has 0 bridgehead atoms. The van der Waals surface area contributed by atoms with Crippen LogP contribution in [0, 0.1) is 0 Å². The van der Waals surface area contributed by atoms with Gasteiger partial charge in [0.2, 0.25) is 0 Å². The van der Waals surface area contributed by atoms with E-state index >= 15 is 0 Å². The van der Waals surface area contributed by atoms with E-state index in [9.17, 15) is 9.59 Å². The molecule has 2 saturated heterocycles. The number of nitrogens with one attached hydrogen (secondary N) is 3. The number of rotatable bonds is 11. The van der Waals surface area contributed by atoms with E-state index in [-0.39, 0.29) is 29.3 Å². The van der Waals surface area contributed by atoms with Gasteiger partial charge in [-0.2, -0.15) is 0 Å². The van der Waals surface area contributed by atoms with Crippen molar-refractivity contribution in [1.29, 1.82) is 0 Å². The second-order valence-corrected chi connectivity index (χ2v) is 16.1. The predicted molar refractivity (Wildman–Crippen MR) is 221 cm³/mol. The van der Waals surface area contributed by atoms with E-state index in [1.165, 1.54) is 16.7 Å². The average molecular weight is 739 g/mol. The molecule has 2 fully saturated rings. The fourth-order valence-electron chi connectivity index (χ4n) is 7.73. The number of hydrogen-bond donors (Lipinski definition) is 3. The maximum atomic E-state index is 14.0. The zero-order valence-corrected chi connectivity index (χ0v) is 32.6. The molecule has 0 aliphatic carbocycles. The second-order valence-electron chi connectivity index (χ2n) is 16.1. The molecule has 0 saturated carbocycles. The number of anilines is 2. The molecule has 7 rings (SSSR count). The summed E-state index contributed by atoms with van der Waals surface area (Å²) in [4.78, 5) is 36.8. The highest BCUT2D eigenvalue weighted by molar-refractivity contribution is 6.09. The van der Waals surface area contributed by atoms with E-state index in [1.807, 2.05) is 48.5 Å². The molecule has 2 aliphatic rings. The van der Waals surface area contributed by atoms with Crippen LogP contribution in [0.3, 0.4) is 0 Å². The van der Waals surface area contributed by atoms with E-state index < -0.39 is 0 Å². The quantitative estimate of drug-likeness (QED) is 0.126. The maximum Gasteiger partial charge on any atom is 0.255 e. The highest BCUT2D eigenvalue weighted by Crippen LogP contribution is 2.34. The fraction of sp³-hybridized carbons (Fsp3) is 0.370. The third kappa shape index (κ3) is 9.53. The fourth-order valence-corrected chi connectivity index (χ4v) is 7.73. The van der Waals surface area contributed by atoms with E-state index in [2.05, 4.69) is 100 Å². The van der Waals surface area contributed by atoms with Gasteiger partial charge in [-0.1, -0.05) is 87.5 Å². The first-order valence-corrected chi connectivity index (χ1v) is 19.7. The molecule has 2 aliphatic heterocycles.